The average molecular weight is 280 g/mol. The number of hydrogen-bond acceptors (Lipinski definition) is 4. The Balaban J connectivity index is 1.60. The molecule has 0 aromatic heterocycles. The van der Waals surface area contributed by atoms with Gasteiger partial charge in [-0.3, -0.25) is 14.5 Å². The van der Waals surface area contributed by atoms with Gasteiger partial charge in [-0.2, -0.15) is 0 Å². The molecule has 20 heavy (non-hydrogen) atoms. The Morgan fingerprint density at radius 1 is 1.20 bits per heavy atom. The topological polar surface area (TPSA) is 58.6 Å². The van der Waals surface area contributed by atoms with Crippen LogP contribution in [0.1, 0.15) is 51.9 Å². The number of hydrogen-bond donors (Lipinski definition) is 1. The summed E-state index contributed by atoms with van der Waals surface area (Å²) in [5.41, 5.74) is 0. The summed E-state index contributed by atoms with van der Waals surface area (Å²) in [5.74, 6) is -0.0225. The van der Waals surface area contributed by atoms with E-state index in [-0.39, 0.29) is 36.0 Å². The Morgan fingerprint density at radius 2 is 1.95 bits per heavy atom. The average Bonchev–Trinajstić information content (AvgIpc) is 3.13. The third-order valence-corrected chi connectivity index (χ3v) is 4.86. The lowest BCUT2D eigenvalue weighted by Gasteiger charge is -2.25. The molecular formula is C15H24N2O3. The first-order chi connectivity index (χ1) is 9.66. The van der Waals surface area contributed by atoms with Crippen molar-refractivity contribution in [2.75, 3.05) is 6.61 Å². The lowest BCUT2D eigenvalue weighted by atomic mass is 10.1. The van der Waals surface area contributed by atoms with Crippen molar-refractivity contribution in [1.29, 1.82) is 0 Å². The van der Waals surface area contributed by atoms with Gasteiger partial charge in [0.25, 0.3) is 0 Å². The molecule has 2 saturated heterocycles. The highest BCUT2D eigenvalue weighted by molar-refractivity contribution is 6.05. The van der Waals surface area contributed by atoms with E-state index in [2.05, 4.69) is 5.32 Å². The molecule has 3 rings (SSSR count). The fourth-order valence-electron chi connectivity index (χ4n) is 3.75. The Labute approximate surface area is 120 Å². The molecule has 2 amide bonds. The van der Waals surface area contributed by atoms with Gasteiger partial charge in [-0.05, 0) is 32.6 Å². The maximum Gasteiger partial charge on any atom is 0.247 e. The summed E-state index contributed by atoms with van der Waals surface area (Å²) in [6, 6.07) is -0.0649. The van der Waals surface area contributed by atoms with E-state index in [0.717, 1.165) is 45.1 Å². The van der Waals surface area contributed by atoms with E-state index in [1.54, 1.807) is 0 Å². The highest BCUT2D eigenvalue weighted by atomic mass is 16.5. The molecule has 3 aliphatic rings. The molecule has 5 heteroatoms. The van der Waals surface area contributed by atoms with Crippen LogP contribution >= 0.6 is 0 Å². The van der Waals surface area contributed by atoms with Crippen molar-refractivity contribution in [3.8, 4) is 0 Å². The first-order valence-electron chi connectivity index (χ1n) is 7.90. The van der Waals surface area contributed by atoms with Gasteiger partial charge in [0, 0.05) is 18.7 Å². The minimum absolute atomic E-state index is 0.000981. The lowest BCUT2D eigenvalue weighted by molar-refractivity contribution is -0.141. The fraction of sp³-hybridized carbons (Fsp3) is 0.867. The Kier molecular flexibility index (Phi) is 4.08. The number of rotatable bonds is 4. The van der Waals surface area contributed by atoms with Crippen molar-refractivity contribution in [1.82, 2.24) is 10.2 Å². The van der Waals surface area contributed by atoms with Crippen molar-refractivity contribution in [2.24, 2.45) is 0 Å². The van der Waals surface area contributed by atoms with E-state index in [9.17, 15) is 9.59 Å². The molecule has 2 heterocycles. The predicted octanol–water partition coefficient (Wildman–Crippen LogP) is 1.21. The van der Waals surface area contributed by atoms with Crippen LogP contribution in [0.25, 0.3) is 0 Å². The van der Waals surface area contributed by atoms with Crippen LogP contribution in [0.5, 0.6) is 0 Å². The van der Waals surface area contributed by atoms with Gasteiger partial charge in [-0.1, -0.05) is 12.8 Å². The van der Waals surface area contributed by atoms with Gasteiger partial charge in [0.05, 0.1) is 18.6 Å². The minimum Gasteiger partial charge on any atom is -0.377 e. The fourth-order valence-corrected chi connectivity index (χ4v) is 3.75. The molecule has 1 saturated carbocycles. The number of carbonyl (C=O) groups excluding carboxylic acids is 2. The molecule has 0 aromatic rings. The maximum atomic E-state index is 12.5. The van der Waals surface area contributed by atoms with Crippen molar-refractivity contribution in [3.63, 3.8) is 0 Å². The zero-order valence-corrected chi connectivity index (χ0v) is 12.1. The Bertz CT molecular complexity index is 387. The molecule has 1 N–H and O–H groups in total. The largest absolute Gasteiger partial charge is 0.377 e. The quantitative estimate of drug-likeness (QED) is 0.787. The third kappa shape index (κ3) is 2.61. The summed E-state index contributed by atoms with van der Waals surface area (Å²) < 4.78 is 5.64. The Morgan fingerprint density at radius 3 is 2.60 bits per heavy atom. The second kappa shape index (κ2) is 5.82. The standard InChI is InChI=1S/C15H24N2O3/c1-10(13-7-4-8-20-13)16-12-9-14(18)17(15(12)19)11-5-2-3-6-11/h10-13,16H,2-9H2,1H3. The molecule has 0 bridgehead atoms. The number of carbonyl (C=O) groups is 2. The van der Waals surface area contributed by atoms with Gasteiger partial charge < -0.3 is 10.1 Å². The van der Waals surface area contributed by atoms with Crippen LogP contribution in [0.3, 0.4) is 0 Å². The zero-order chi connectivity index (χ0) is 14.1. The first kappa shape index (κ1) is 14.0. The first-order valence-corrected chi connectivity index (χ1v) is 7.90. The SMILES string of the molecule is CC(NC1CC(=O)N(C2CCCC2)C1=O)C1CCCO1. The van der Waals surface area contributed by atoms with Crippen molar-refractivity contribution in [2.45, 2.75) is 76.1 Å². The molecule has 0 aromatic carbocycles. The van der Waals surface area contributed by atoms with Crippen LogP contribution in [-0.4, -0.2) is 47.6 Å². The monoisotopic (exact) mass is 280 g/mol. The lowest BCUT2D eigenvalue weighted by Crippen LogP contribution is -2.48. The van der Waals surface area contributed by atoms with Gasteiger partial charge in [0.15, 0.2) is 0 Å². The van der Waals surface area contributed by atoms with Crippen LogP contribution in [0, 0.1) is 0 Å². The number of likely N-dealkylation sites (tertiary alicyclic amines) is 1. The number of imide groups is 1. The molecule has 0 radical (unpaired) electrons. The van der Waals surface area contributed by atoms with Crippen molar-refractivity contribution < 1.29 is 14.3 Å². The summed E-state index contributed by atoms with van der Waals surface area (Å²) in [5, 5.41) is 3.32. The van der Waals surface area contributed by atoms with Gasteiger partial charge in [0.1, 0.15) is 0 Å². The summed E-state index contributed by atoms with van der Waals surface area (Å²) in [4.78, 5) is 26.1. The smallest absolute Gasteiger partial charge is 0.247 e. The second-order valence-electron chi connectivity index (χ2n) is 6.30. The van der Waals surface area contributed by atoms with Crippen molar-refractivity contribution >= 4 is 11.8 Å². The van der Waals surface area contributed by atoms with Crippen LogP contribution < -0.4 is 5.32 Å². The molecule has 1 aliphatic carbocycles. The predicted molar refractivity (Wildman–Crippen MR) is 74.1 cm³/mol. The molecule has 0 spiro atoms. The van der Waals surface area contributed by atoms with E-state index in [0.29, 0.717) is 6.42 Å². The van der Waals surface area contributed by atoms with E-state index in [4.69, 9.17) is 4.74 Å². The zero-order valence-electron chi connectivity index (χ0n) is 12.1. The van der Waals surface area contributed by atoms with E-state index < -0.39 is 0 Å². The number of amides is 2. The minimum atomic E-state index is -0.345. The van der Waals surface area contributed by atoms with Gasteiger partial charge >= 0.3 is 0 Å². The molecule has 5 nitrogen and oxygen atoms in total. The highest BCUT2D eigenvalue weighted by Crippen LogP contribution is 2.28. The summed E-state index contributed by atoms with van der Waals surface area (Å²) in [6.07, 6.45) is 6.83. The third-order valence-electron chi connectivity index (χ3n) is 4.86. The van der Waals surface area contributed by atoms with E-state index in [1.165, 1.54) is 4.90 Å². The molecule has 3 unspecified atom stereocenters. The van der Waals surface area contributed by atoms with Gasteiger partial charge in [-0.15, -0.1) is 0 Å². The summed E-state index contributed by atoms with van der Waals surface area (Å²) in [6.45, 7) is 2.86. The summed E-state index contributed by atoms with van der Waals surface area (Å²) in [7, 11) is 0. The molecule has 3 atom stereocenters. The molecule has 112 valence electrons. The van der Waals surface area contributed by atoms with E-state index >= 15 is 0 Å². The van der Waals surface area contributed by atoms with E-state index in [1.807, 2.05) is 6.92 Å². The molecular weight excluding hydrogens is 256 g/mol. The second-order valence-corrected chi connectivity index (χ2v) is 6.30. The van der Waals surface area contributed by atoms with Gasteiger partial charge in [-0.25, -0.2) is 0 Å². The van der Waals surface area contributed by atoms with Crippen LogP contribution in [0.2, 0.25) is 0 Å². The Hall–Kier alpha value is -0.940. The number of nitrogens with one attached hydrogen (secondary N) is 1. The normalized spacial score (nSPS) is 33.4. The highest BCUT2D eigenvalue weighted by Gasteiger charge is 2.43. The summed E-state index contributed by atoms with van der Waals surface area (Å²) >= 11 is 0. The van der Waals surface area contributed by atoms with Gasteiger partial charge in [0.2, 0.25) is 11.8 Å². The molecule has 2 aliphatic heterocycles. The van der Waals surface area contributed by atoms with Crippen molar-refractivity contribution in [3.05, 3.63) is 0 Å². The van der Waals surface area contributed by atoms with Crippen LogP contribution in [-0.2, 0) is 14.3 Å². The maximum absolute atomic E-state index is 12.5. The molecule has 3 fully saturated rings. The number of ether oxygens (including phenoxy) is 1. The van der Waals surface area contributed by atoms with Crippen LogP contribution in [0.4, 0.5) is 0 Å². The number of nitrogens with zero attached hydrogens (tertiary/aromatic N) is 1. The van der Waals surface area contributed by atoms with Crippen LogP contribution in [0.15, 0.2) is 0 Å².